The third-order valence-electron chi connectivity index (χ3n) is 2.67. The smallest absolute Gasteiger partial charge is 0.130 e. The predicted molar refractivity (Wildman–Crippen MR) is 72.7 cm³/mol. The minimum absolute atomic E-state index is 0.149. The van der Waals surface area contributed by atoms with Gasteiger partial charge >= 0.3 is 0 Å². The van der Waals surface area contributed by atoms with E-state index in [0.29, 0.717) is 0 Å². The Morgan fingerprint density at radius 1 is 1.00 bits per heavy atom. The number of para-hydroxylation sites is 1. The van der Waals surface area contributed by atoms with Crippen molar-refractivity contribution in [1.82, 2.24) is 4.98 Å². The average Bonchev–Trinajstić information content (AvgIpc) is 2.29. The van der Waals surface area contributed by atoms with Crippen molar-refractivity contribution in [2.45, 2.75) is 26.2 Å². The molecule has 0 aliphatic heterocycles. The Balaban J connectivity index is 2.23. The standard InChI is InChI=1S/C15H18N2/c1-15(2,3)12-9-10-16-14(11-12)17-13-7-5-4-6-8-13/h4-11H,1-3H3,(H,16,17). The molecule has 0 aliphatic rings. The summed E-state index contributed by atoms with van der Waals surface area (Å²) in [7, 11) is 0. The normalized spacial score (nSPS) is 11.2. The molecular weight excluding hydrogens is 208 g/mol. The second-order valence-corrected chi connectivity index (χ2v) is 5.17. The highest BCUT2D eigenvalue weighted by atomic mass is 15.0. The molecule has 0 atom stereocenters. The molecule has 2 nitrogen and oxygen atoms in total. The quantitative estimate of drug-likeness (QED) is 0.833. The number of hydrogen-bond acceptors (Lipinski definition) is 2. The average molecular weight is 226 g/mol. The molecule has 17 heavy (non-hydrogen) atoms. The van der Waals surface area contributed by atoms with Crippen molar-refractivity contribution in [3.8, 4) is 0 Å². The lowest BCUT2D eigenvalue weighted by molar-refractivity contribution is 0.589. The Kier molecular flexibility index (Phi) is 3.14. The van der Waals surface area contributed by atoms with Crippen LogP contribution in [0.4, 0.5) is 11.5 Å². The summed E-state index contributed by atoms with van der Waals surface area (Å²) in [6.45, 7) is 6.61. The first-order valence-corrected chi connectivity index (χ1v) is 5.84. The van der Waals surface area contributed by atoms with Gasteiger partial charge in [0.05, 0.1) is 0 Å². The summed E-state index contributed by atoms with van der Waals surface area (Å²) in [5.74, 6) is 0.892. The van der Waals surface area contributed by atoms with Crippen LogP contribution in [0.1, 0.15) is 26.3 Å². The van der Waals surface area contributed by atoms with Gasteiger partial charge in [0, 0.05) is 11.9 Å². The van der Waals surface area contributed by atoms with E-state index >= 15 is 0 Å². The highest BCUT2D eigenvalue weighted by Gasteiger charge is 2.13. The third kappa shape index (κ3) is 3.06. The number of rotatable bonds is 2. The number of aromatic nitrogens is 1. The molecule has 1 aromatic heterocycles. The maximum atomic E-state index is 4.34. The molecule has 88 valence electrons. The van der Waals surface area contributed by atoms with E-state index in [1.807, 2.05) is 36.5 Å². The zero-order chi connectivity index (χ0) is 12.3. The van der Waals surface area contributed by atoms with Gasteiger partial charge in [0.25, 0.3) is 0 Å². The predicted octanol–water partition coefficient (Wildman–Crippen LogP) is 4.12. The van der Waals surface area contributed by atoms with E-state index in [1.165, 1.54) is 5.56 Å². The fourth-order valence-electron chi connectivity index (χ4n) is 1.63. The maximum absolute atomic E-state index is 4.34. The molecule has 0 fully saturated rings. The second kappa shape index (κ2) is 4.58. The Labute approximate surface area is 103 Å². The van der Waals surface area contributed by atoms with Crippen LogP contribution < -0.4 is 5.32 Å². The molecule has 0 amide bonds. The SMILES string of the molecule is CC(C)(C)c1ccnc(Nc2ccccc2)c1. The molecule has 0 bridgehead atoms. The topological polar surface area (TPSA) is 24.9 Å². The van der Waals surface area contributed by atoms with E-state index in [0.717, 1.165) is 11.5 Å². The van der Waals surface area contributed by atoms with Crippen LogP contribution in [0.15, 0.2) is 48.7 Å². The Morgan fingerprint density at radius 3 is 2.35 bits per heavy atom. The molecule has 1 aromatic carbocycles. The summed E-state index contributed by atoms with van der Waals surface area (Å²) in [5, 5.41) is 3.31. The van der Waals surface area contributed by atoms with E-state index in [2.05, 4.69) is 43.2 Å². The molecule has 0 unspecified atom stereocenters. The molecule has 1 N–H and O–H groups in total. The van der Waals surface area contributed by atoms with Crippen LogP contribution in [-0.2, 0) is 5.41 Å². The zero-order valence-electron chi connectivity index (χ0n) is 10.6. The summed E-state index contributed by atoms with van der Waals surface area (Å²) in [5.41, 5.74) is 2.49. The van der Waals surface area contributed by atoms with Crippen molar-refractivity contribution in [2.75, 3.05) is 5.32 Å². The number of benzene rings is 1. The number of nitrogens with zero attached hydrogens (tertiary/aromatic N) is 1. The summed E-state index contributed by atoms with van der Waals surface area (Å²) in [6, 6.07) is 14.3. The molecule has 0 radical (unpaired) electrons. The molecule has 0 aliphatic carbocycles. The Bertz CT molecular complexity index is 484. The van der Waals surface area contributed by atoms with Gasteiger partial charge in [-0.2, -0.15) is 0 Å². The van der Waals surface area contributed by atoms with Gasteiger partial charge in [-0.1, -0.05) is 39.0 Å². The summed E-state index contributed by atoms with van der Waals surface area (Å²) < 4.78 is 0. The van der Waals surface area contributed by atoms with Crippen molar-refractivity contribution in [2.24, 2.45) is 0 Å². The maximum Gasteiger partial charge on any atom is 0.130 e. The number of hydrogen-bond donors (Lipinski definition) is 1. The zero-order valence-corrected chi connectivity index (χ0v) is 10.6. The monoisotopic (exact) mass is 226 g/mol. The highest BCUT2D eigenvalue weighted by molar-refractivity contribution is 5.56. The summed E-state index contributed by atoms with van der Waals surface area (Å²) >= 11 is 0. The molecule has 2 aromatic rings. The molecule has 2 heteroatoms. The van der Waals surface area contributed by atoms with Gasteiger partial charge in [-0.15, -0.1) is 0 Å². The van der Waals surface area contributed by atoms with Crippen LogP contribution in [-0.4, -0.2) is 4.98 Å². The van der Waals surface area contributed by atoms with Crippen molar-refractivity contribution in [1.29, 1.82) is 0 Å². The minimum Gasteiger partial charge on any atom is -0.340 e. The Morgan fingerprint density at radius 2 is 1.71 bits per heavy atom. The van der Waals surface area contributed by atoms with Crippen molar-refractivity contribution in [3.05, 3.63) is 54.2 Å². The highest BCUT2D eigenvalue weighted by Crippen LogP contribution is 2.24. The van der Waals surface area contributed by atoms with Gasteiger partial charge in [-0.25, -0.2) is 4.98 Å². The van der Waals surface area contributed by atoms with Crippen LogP contribution in [0.5, 0.6) is 0 Å². The lowest BCUT2D eigenvalue weighted by Crippen LogP contribution is -2.11. The van der Waals surface area contributed by atoms with Crippen LogP contribution in [0.25, 0.3) is 0 Å². The lowest BCUT2D eigenvalue weighted by atomic mass is 9.88. The van der Waals surface area contributed by atoms with Crippen molar-refractivity contribution >= 4 is 11.5 Å². The van der Waals surface area contributed by atoms with Crippen LogP contribution >= 0.6 is 0 Å². The fraction of sp³-hybridized carbons (Fsp3) is 0.267. The molecule has 0 spiro atoms. The van der Waals surface area contributed by atoms with E-state index in [-0.39, 0.29) is 5.41 Å². The van der Waals surface area contributed by atoms with Gasteiger partial charge in [-0.3, -0.25) is 0 Å². The molecule has 0 saturated carbocycles. The first-order valence-electron chi connectivity index (χ1n) is 5.84. The van der Waals surface area contributed by atoms with Gasteiger partial charge in [0.1, 0.15) is 5.82 Å². The second-order valence-electron chi connectivity index (χ2n) is 5.17. The summed E-state index contributed by atoms with van der Waals surface area (Å²) in [6.07, 6.45) is 1.85. The fourth-order valence-corrected chi connectivity index (χ4v) is 1.63. The first-order chi connectivity index (χ1) is 8.05. The molecule has 1 heterocycles. The third-order valence-corrected chi connectivity index (χ3v) is 2.67. The summed E-state index contributed by atoms with van der Waals surface area (Å²) in [4.78, 5) is 4.34. The van der Waals surface area contributed by atoms with Crippen LogP contribution in [0.3, 0.4) is 0 Å². The van der Waals surface area contributed by atoms with Crippen molar-refractivity contribution < 1.29 is 0 Å². The number of pyridine rings is 1. The lowest BCUT2D eigenvalue weighted by Gasteiger charge is -2.19. The first kappa shape index (κ1) is 11.6. The number of nitrogens with one attached hydrogen (secondary N) is 1. The van der Waals surface area contributed by atoms with Gasteiger partial charge in [0.15, 0.2) is 0 Å². The van der Waals surface area contributed by atoms with E-state index < -0.39 is 0 Å². The minimum atomic E-state index is 0.149. The van der Waals surface area contributed by atoms with Crippen LogP contribution in [0.2, 0.25) is 0 Å². The van der Waals surface area contributed by atoms with Crippen molar-refractivity contribution in [3.63, 3.8) is 0 Å². The Hall–Kier alpha value is -1.83. The molecular formula is C15H18N2. The van der Waals surface area contributed by atoms with E-state index in [4.69, 9.17) is 0 Å². The van der Waals surface area contributed by atoms with Gasteiger partial charge in [-0.05, 0) is 35.2 Å². The van der Waals surface area contributed by atoms with Crippen LogP contribution in [0, 0.1) is 0 Å². The van der Waals surface area contributed by atoms with E-state index in [9.17, 15) is 0 Å². The van der Waals surface area contributed by atoms with E-state index in [1.54, 1.807) is 0 Å². The van der Waals surface area contributed by atoms with Gasteiger partial charge in [0.2, 0.25) is 0 Å². The molecule has 2 rings (SSSR count). The van der Waals surface area contributed by atoms with Gasteiger partial charge < -0.3 is 5.32 Å². The molecule has 0 saturated heterocycles. The number of anilines is 2. The largest absolute Gasteiger partial charge is 0.340 e.